The Morgan fingerprint density at radius 3 is 2.71 bits per heavy atom. The van der Waals surface area contributed by atoms with Gasteiger partial charge in [-0.2, -0.15) is 5.10 Å². The van der Waals surface area contributed by atoms with Crippen LogP contribution in [0.1, 0.15) is 52.8 Å². The van der Waals surface area contributed by atoms with Gasteiger partial charge in [-0.05, 0) is 56.0 Å². The van der Waals surface area contributed by atoms with Crippen molar-refractivity contribution in [1.82, 2.24) is 5.43 Å². The maximum absolute atomic E-state index is 13.0. The van der Waals surface area contributed by atoms with E-state index in [1.165, 1.54) is 6.07 Å². The van der Waals surface area contributed by atoms with E-state index in [2.05, 4.69) is 15.8 Å². The summed E-state index contributed by atoms with van der Waals surface area (Å²) >= 11 is 11.9. The minimum Gasteiger partial charge on any atom is -0.482 e. The van der Waals surface area contributed by atoms with Gasteiger partial charge < -0.3 is 14.5 Å². The zero-order chi connectivity index (χ0) is 24.9. The number of fused-ring (bicyclic) bond motifs is 1. The summed E-state index contributed by atoms with van der Waals surface area (Å²) in [4.78, 5) is 25.3. The molecule has 0 spiro atoms. The van der Waals surface area contributed by atoms with Crippen molar-refractivity contribution in [3.05, 3.63) is 80.7 Å². The van der Waals surface area contributed by atoms with E-state index in [4.69, 9.17) is 32.4 Å². The number of carbonyl (C=O) groups is 2. The molecular formula is C26H25Cl2N3O4. The summed E-state index contributed by atoms with van der Waals surface area (Å²) in [7, 11) is 0. The number of aryl methyl sites for hydroxylation is 2. The topological polar surface area (TPSA) is 92.9 Å². The number of hydrazone groups is 1. The number of rotatable bonds is 7. The Bertz CT molecular complexity index is 1300. The van der Waals surface area contributed by atoms with E-state index < -0.39 is 5.91 Å². The van der Waals surface area contributed by atoms with Crippen molar-refractivity contribution in [2.45, 2.75) is 39.5 Å². The van der Waals surface area contributed by atoms with Crippen molar-refractivity contribution in [1.29, 1.82) is 0 Å². The number of amides is 2. The molecule has 1 aromatic heterocycles. The minimum absolute atomic E-state index is 0.252. The maximum Gasteiger partial charge on any atom is 0.291 e. The van der Waals surface area contributed by atoms with Gasteiger partial charge in [-0.3, -0.25) is 9.59 Å². The Morgan fingerprint density at radius 1 is 1.14 bits per heavy atom. The van der Waals surface area contributed by atoms with Gasteiger partial charge in [-0.25, -0.2) is 5.43 Å². The molecule has 0 saturated carbocycles. The van der Waals surface area contributed by atoms with Gasteiger partial charge in [-0.15, -0.1) is 0 Å². The molecule has 2 N–H and O–H groups in total. The largest absolute Gasteiger partial charge is 0.482 e. The highest BCUT2D eigenvalue weighted by molar-refractivity contribution is 6.35. The fourth-order valence-electron chi connectivity index (χ4n) is 4.02. The van der Waals surface area contributed by atoms with Crippen molar-refractivity contribution < 1.29 is 18.7 Å². The lowest BCUT2D eigenvalue weighted by molar-refractivity contribution is -0.123. The van der Waals surface area contributed by atoms with Crippen LogP contribution < -0.4 is 15.5 Å². The molecule has 0 bridgehead atoms. The molecule has 2 amide bonds. The first-order valence-electron chi connectivity index (χ1n) is 11.3. The first-order chi connectivity index (χ1) is 16.9. The zero-order valence-electron chi connectivity index (χ0n) is 19.4. The van der Waals surface area contributed by atoms with Crippen LogP contribution in [0, 0.1) is 6.92 Å². The quantitative estimate of drug-likeness (QED) is 0.382. The third-order valence-corrected chi connectivity index (χ3v) is 6.28. The van der Waals surface area contributed by atoms with E-state index in [9.17, 15) is 9.59 Å². The summed E-state index contributed by atoms with van der Waals surface area (Å²) in [6, 6.07) is 12.4. The third kappa shape index (κ3) is 5.69. The molecule has 0 aliphatic heterocycles. The van der Waals surface area contributed by atoms with Crippen LogP contribution in [-0.4, -0.2) is 24.1 Å². The first-order valence-corrected chi connectivity index (χ1v) is 12.1. The number of anilines is 1. The summed E-state index contributed by atoms with van der Waals surface area (Å²) in [6.45, 7) is 3.60. The molecule has 182 valence electrons. The van der Waals surface area contributed by atoms with Gasteiger partial charge in [0.15, 0.2) is 12.4 Å². The summed E-state index contributed by atoms with van der Waals surface area (Å²) in [5.74, 6) is 0.549. The Labute approximate surface area is 213 Å². The Morgan fingerprint density at radius 2 is 1.94 bits per heavy atom. The summed E-state index contributed by atoms with van der Waals surface area (Å²) in [5, 5.41) is 8.06. The van der Waals surface area contributed by atoms with E-state index in [0.29, 0.717) is 45.7 Å². The van der Waals surface area contributed by atoms with Gasteiger partial charge in [0.1, 0.15) is 11.5 Å². The molecule has 0 atom stereocenters. The second-order valence-electron chi connectivity index (χ2n) is 8.13. The van der Waals surface area contributed by atoms with Gasteiger partial charge in [0, 0.05) is 28.3 Å². The second-order valence-corrected chi connectivity index (χ2v) is 8.97. The average Bonchev–Trinajstić information content (AvgIpc) is 3.19. The molecule has 0 unspecified atom stereocenters. The number of nitrogens with one attached hydrogen (secondary N) is 2. The normalized spacial score (nSPS) is 13.9. The number of hydrogen-bond donors (Lipinski definition) is 2. The number of benzene rings is 2. The van der Waals surface area contributed by atoms with Gasteiger partial charge in [-0.1, -0.05) is 48.3 Å². The molecule has 9 heteroatoms. The van der Waals surface area contributed by atoms with Crippen LogP contribution >= 0.6 is 23.2 Å². The Kier molecular flexibility index (Phi) is 7.78. The average molecular weight is 514 g/mol. The number of furan rings is 1. The van der Waals surface area contributed by atoms with E-state index in [1.807, 2.05) is 38.1 Å². The minimum atomic E-state index is -0.439. The molecule has 1 aliphatic rings. The van der Waals surface area contributed by atoms with Crippen molar-refractivity contribution in [2.24, 2.45) is 5.10 Å². The van der Waals surface area contributed by atoms with Crippen LogP contribution in [0.3, 0.4) is 0 Å². The molecule has 1 aliphatic carbocycles. The summed E-state index contributed by atoms with van der Waals surface area (Å²) < 4.78 is 11.4. The maximum atomic E-state index is 13.0. The van der Waals surface area contributed by atoms with Crippen LogP contribution in [0.4, 0.5) is 5.69 Å². The zero-order valence-corrected chi connectivity index (χ0v) is 20.9. The van der Waals surface area contributed by atoms with Crippen molar-refractivity contribution in [3.63, 3.8) is 0 Å². The van der Waals surface area contributed by atoms with E-state index >= 15 is 0 Å². The molecule has 3 aromatic rings. The van der Waals surface area contributed by atoms with Gasteiger partial charge >= 0.3 is 0 Å². The molecule has 7 nitrogen and oxygen atoms in total. The predicted molar refractivity (Wildman–Crippen MR) is 137 cm³/mol. The number of hydrogen-bond acceptors (Lipinski definition) is 5. The lowest BCUT2D eigenvalue weighted by Crippen LogP contribution is -2.27. The summed E-state index contributed by atoms with van der Waals surface area (Å²) in [6.07, 6.45) is 2.94. The molecular weight excluding hydrogens is 489 g/mol. The number of para-hydroxylation sites is 1. The fourth-order valence-corrected chi connectivity index (χ4v) is 4.49. The molecule has 0 radical (unpaired) electrons. The second kappa shape index (κ2) is 11.0. The standard InChI is InChI=1S/C26H25Cl2N3O4/c1-3-16-7-4-5-8-19(16)29-26(33)25-15(2)24-20(9-6-10-22(24)35-25)30-31-23(32)14-34-21-12-11-17(27)13-18(21)28/h4-5,7-8,11-13H,3,6,9-10,14H2,1-2H3,(H,29,33)(H,31,32)/b30-20+. The van der Waals surface area contributed by atoms with Crippen LogP contribution in [0.2, 0.25) is 10.0 Å². The van der Waals surface area contributed by atoms with E-state index in [1.54, 1.807) is 12.1 Å². The molecule has 4 rings (SSSR count). The van der Waals surface area contributed by atoms with Crippen LogP contribution in [0.25, 0.3) is 0 Å². The lowest BCUT2D eigenvalue weighted by atomic mass is 9.93. The first kappa shape index (κ1) is 24.8. The van der Waals surface area contributed by atoms with Crippen molar-refractivity contribution >= 4 is 46.4 Å². The van der Waals surface area contributed by atoms with Crippen LogP contribution in [0.15, 0.2) is 52.0 Å². The number of nitrogens with zero attached hydrogens (tertiary/aromatic N) is 1. The highest BCUT2D eigenvalue weighted by Gasteiger charge is 2.28. The smallest absolute Gasteiger partial charge is 0.291 e. The Hall–Kier alpha value is -3.29. The fraction of sp³-hybridized carbons (Fsp3) is 0.269. The molecule has 1 heterocycles. The highest BCUT2D eigenvalue weighted by atomic mass is 35.5. The number of halogens is 2. The van der Waals surface area contributed by atoms with Gasteiger partial charge in [0.05, 0.1) is 10.7 Å². The van der Waals surface area contributed by atoms with Crippen LogP contribution in [-0.2, 0) is 17.6 Å². The molecule has 35 heavy (non-hydrogen) atoms. The monoisotopic (exact) mass is 513 g/mol. The van der Waals surface area contributed by atoms with Gasteiger partial charge in [0.2, 0.25) is 0 Å². The third-order valence-electron chi connectivity index (χ3n) is 5.75. The summed E-state index contributed by atoms with van der Waals surface area (Å²) in [5.41, 5.74) is 6.46. The van der Waals surface area contributed by atoms with Gasteiger partial charge in [0.25, 0.3) is 11.8 Å². The Balaban J connectivity index is 1.46. The van der Waals surface area contributed by atoms with Crippen LogP contribution in [0.5, 0.6) is 5.75 Å². The molecule has 2 aromatic carbocycles. The SMILES string of the molecule is CCc1ccccc1NC(=O)c1oc2c(c1C)/C(=N/NC(=O)COc1ccc(Cl)cc1Cl)CCC2. The molecule has 0 saturated heterocycles. The van der Waals surface area contributed by atoms with E-state index in [0.717, 1.165) is 29.7 Å². The predicted octanol–water partition coefficient (Wildman–Crippen LogP) is 5.95. The lowest BCUT2D eigenvalue weighted by Gasteiger charge is -2.13. The van der Waals surface area contributed by atoms with Crippen molar-refractivity contribution in [3.8, 4) is 5.75 Å². The highest BCUT2D eigenvalue weighted by Crippen LogP contribution is 2.31. The molecule has 0 fully saturated rings. The number of carbonyl (C=O) groups excluding carboxylic acids is 2. The van der Waals surface area contributed by atoms with E-state index in [-0.39, 0.29) is 18.3 Å². The van der Waals surface area contributed by atoms with Crippen molar-refractivity contribution in [2.75, 3.05) is 11.9 Å². The number of ether oxygens (including phenoxy) is 1.